The molecule has 0 saturated carbocycles. The Morgan fingerprint density at radius 1 is 1.29 bits per heavy atom. The molecule has 2 N–H and O–H groups in total. The van der Waals surface area contributed by atoms with Gasteiger partial charge in [0.25, 0.3) is 11.6 Å². The van der Waals surface area contributed by atoms with Crippen molar-refractivity contribution in [3.05, 3.63) is 57.6 Å². The number of hydrogen-bond acceptors (Lipinski definition) is 5. The number of carbonyl (C=O) groups is 2. The number of amides is 2. The third kappa shape index (κ3) is 2.89. The maximum Gasteiger partial charge on any atom is 0.296 e. The Kier molecular flexibility index (Phi) is 3.87. The Hall–Kier alpha value is -3.42. The second kappa shape index (κ2) is 5.99. The van der Waals surface area contributed by atoms with Crippen LogP contribution in [0.1, 0.15) is 15.9 Å². The molecule has 2 aromatic rings. The van der Waals surface area contributed by atoms with Gasteiger partial charge < -0.3 is 15.4 Å². The largest absolute Gasteiger partial charge is 0.496 e. The predicted octanol–water partition coefficient (Wildman–Crippen LogP) is 2.35. The summed E-state index contributed by atoms with van der Waals surface area (Å²) in [5, 5.41) is 16.3. The molecule has 24 heavy (non-hydrogen) atoms. The van der Waals surface area contributed by atoms with Crippen molar-refractivity contribution in [1.82, 2.24) is 0 Å². The van der Waals surface area contributed by atoms with Crippen LogP contribution in [0.5, 0.6) is 5.75 Å². The molecule has 0 saturated heterocycles. The number of anilines is 2. The Balaban J connectivity index is 1.87. The molecule has 2 aromatic carbocycles. The fraction of sp³-hybridized carbons (Fsp3) is 0.125. The molecule has 1 aliphatic heterocycles. The molecule has 122 valence electrons. The van der Waals surface area contributed by atoms with E-state index in [2.05, 4.69) is 10.6 Å². The number of fused-ring (bicyclic) bond motifs is 1. The molecule has 3 rings (SSSR count). The van der Waals surface area contributed by atoms with Gasteiger partial charge in [-0.1, -0.05) is 0 Å². The monoisotopic (exact) mass is 327 g/mol. The molecule has 0 spiro atoms. The number of nitro groups is 1. The van der Waals surface area contributed by atoms with Gasteiger partial charge in [-0.2, -0.15) is 0 Å². The highest BCUT2D eigenvalue weighted by Gasteiger charge is 2.21. The zero-order valence-electron chi connectivity index (χ0n) is 12.7. The highest BCUT2D eigenvalue weighted by atomic mass is 16.6. The van der Waals surface area contributed by atoms with Crippen molar-refractivity contribution in [3.8, 4) is 5.75 Å². The molecule has 1 aliphatic rings. The van der Waals surface area contributed by atoms with Gasteiger partial charge in [0.15, 0.2) is 0 Å². The van der Waals surface area contributed by atoms with Crippen LogP contribution in [0, 0.1) is 10.1 Å². The maximum atomic E-state index is 12.4. The van der Waals surface area contributed by atoms with E-state index in [9.17, 15) is 19.7 Å². The lowest BCUT2D eigenvalue weighted by Crippen LogP contribution is -2.13. The Bertz CT molecular complexity index is 863. The van der Waals surface area contributed by atoms with Gasteiger partial charge in [0.2, 0.25) is 5.91 Å². The number of rotatable bonds is 4. The van der Waals surface area contributed by atoms with Gasteiger partial charge in [-0.05, 0) is 35.9 Å². The predicted molar refractivity (Wildman–Crippen MR) is 86.4 cm³/mol. The summed E-state index contributed by atoms with van der Waals surface area (Å²) in [4.78, 5) is 34.3. The lowest BCUT2D eigenvalue weighted by molar-refractivity contribution is -0.384. The number of ether oxygens (including phenoxy) is 1. The fourth-order valence-corrected chi connectivity index (χ4v) is 2.46. The lowest BCUT2D eigenvalue weighted by Gasteiger charge is -2.08. The number of nitrogens with zero attached hydrogens (tertiary/aromatic N) is 1. The summed E-state index contributed by atoms with van der Waals surface area (Å²) in [5.41, 5.74) is 1.51. The van der Waals surface area contributed by atoms with Crippen molar-refractivity contribution < 1.29 is 19.2 Å². The van der Waals surface area contributed by atoms with E-state index in [0.717, 1.165) is 5.56 Å². The molecular formula is C16H13N3O5. The van der Waals surface area contributed by atoms with Gasteiger partial charge >= 0.3 is 0 Å². The quantitative estimate of drug-likeness (QED) is 0.661. The Morgan fingerprint density at radius 3 is 2.79 bits per heavy atom. The van der Waals surface area contributed by atoms with Crippen LogP contribution in [0.2, 0.25) is 0 Å². The van der Waals surface area contributed by atoms with Crippen LogP contribution in [0.4, 0.5) is 17.1 Å². The summed E-state index contributed by atoms with van der Waals surface area (Å²) >= 11 is 0. The average Bonchev–Trinajstić information content (AvgIpc) is 2.93. The first-order chi connectivity index (χ1) is 11.5. The smallest absolute Gasteiger partial charge is 0.296 e. The van der Waals surface area contributed by atoms with Crippen LogP contribution in [-0.2, 0) is 11.2 Å². The van der Waals surface area contributed by atoms with E-state index in [1.165, 1.54) is 25.3 Å². The number of methoxy groups -OCH3 is 1. The van der Waals surface area contributed by atoms with Crippen LogP contribution in [-0.4, -0.2) is 23.8 Å². The maximum absolute atomic E-state index is 12.4. The van der Waals surface area contributed by atoms with Crippen molar-refractivity contribution >= 4 is 28.9 Å². The molecule has 8 heteroatoms. The molecule has 0 aliphatic carbocycles. The van der Waals surface area contributed by atoms with Crippen molar-refractivity contribution in [1.29, 1.82) is 0 Å². The van der Waals surface area contributed by atoms with E-state index in [1.54, 1.807) is 18.2 Å². The van der Waals surface area contributed by atoms with Crippen LogP contribution >= 0.6 is 0 Å². The van der Waals surface area contributed by atoms with E-state index < -0.39 is 10.8 Å². The minimum atomic E-state index is -0.594. The highest BCUT2D eigenvalue weighted by molar-refractivity contribution is 6.07. The number of carbonyl (C=O) groups excluding carboxylic acids is 2. The summed E-state index contributed by atoms with van der Waals surface area (Å²) in [6.07, 6.45) is 0.207. The Morgan fingerprint density at radius 2 is 2.08 bits per heavy atom. The summed E-state index contributed by atoms with van der Waals surface area (Å²) < 4.78 is 4.95. The van der Waals surface area contributed by atoms with Crippen LogP contribution in [0.25, 0.3) is 0 Å². The van der Waals surface area contributed by atoms with Gasteiger partial charge in [-0.3, -0.25) is 19.7 Å². The summed E-state index contributed by atoms with van der Waals surface area (Å²) in [5.74, 6) is -0.305. The van der Waals surface area contributed by atoms with Crippen molar-refractivity contribution in [2.24, 2.45) is 0 Å². The van der Waals surface area contributed by atoms with Crippen LogP contribution in [0.15, 0.2) is 36.4 Å². The Labute approximate surface area is 136 Å². The molecule has 8 nitrogen and oxygen atoms in total. The molecule has 0 atom stereocenters. The van der Waals surface area contributed by atoms with Crippen LogP contribution in [0.3, 0.4) is 0 Å². The lowest BCUT2D eigenvalue weighted by atomic mass is 10.1. The second-order valence-electron chi connectivity index (χ2n) is 5.19. The number of nitro benzene ring substituents is 1. The minimum absolute atomic E-state index is 0.0699. The normalized spacial score (nSPS) is 12.3. The van der Waals surface area contributed by atoms with Gasteiger partial charge in [0, 0.05) is 11.3 Å². The fourth-order valence-electron chi connectivity index (χ4n) is 2.46. The first-order valence-corrected chi connectivity index (χ1v) is 7.04. The zero-order valence-corrected chi connectivity index (χ0v) is 12.7. The van der Waals surface area contributed by atoms with Gasteiger partial charge in [0.05, 0.1) is 24.5 Å². The van der Waals surface area contributed by atoms with Crippen molar-refractivity contribution in [2.75, 3.05) is 17.7 Å². The second-order valence-corrected chi connectivity index (χ2v) is 5.19. The minimum Gasteiger partial charge on any atom is -0.496 e. The first kappa shape index (κ1) is 15.5. The number of nitrogens with one attached hydrogen (secondary N) is 2. The molecule has 1 heterocycles. The van der Waals surface area contributed by atoms with Gasteiger partial charge in [0.1, 0.15) is 11.4 Å². The van der Waals surface area contributed by atoms with Crippen molar-refractivity contribution in [2.45, 2.75) is 6.42 Å². The summed E-state index contributed by atoms with van der Waals surface area (Å²) in [6.45, 7) is 0. The highest BCUT2D eigenvalue weighted by Crippen LogP contribution is 2.30. The molecule has 0 radical (unpaired) electrons. The van der Waals surface area contributed by atoms with Crippen molar-refractivity contribution in [3.63, 3.8) is 0 Å². The van der Waals surface area contributed by atoms with E-state index in [0.29, 0.717) is 17.0 Å². The first-order valence-electron chi connectivity index (χ1n) is 7.04. The van der Waals surface area contributed by atoms with E-state index in [1.807, 2.05) is 0 Å². The topological polar surface area (TPSA) is 111 Å². The third-order valence-corrected chi connectivity index (χ3v) is 3.64. The molecule has 0 unspecified atom stereocenters. The third-order valence-electron chi connectivity index (χ3n) is 3.64. The van der Waals surface area contributed by atoms with E-state index in [4.69, 9.17) is 4.74 Å². The molecule has 2 amide bonds. The zero-order chi connectivity index (χ0) is 17.3. The van der Waals surface area contributed by atoms with Gasteiger partial charge in [-0.15, -0.1) is 0 Å². The molecular weight excluding hydrogens is 314 g/mol. The van der Waals surface area contributed by atoms with E-state index in [-0.39, 0.29) is 23.7 Å². The van der Waals surface area contributed by atoms with E-state index >= 15 is 0 Å². The summed E-state index contributed by atoms with van der Waals surface area (Å²) in [6, 6.07) is 8.95. The molecule has 0 bridgehead atoms. The molecule has 0 aromatic heterocycles. The number of benzene rings is 2. The number of hydrogen-bond donors (Lipinski definition) is 2. The average molecular weight is 327 g/mol. The SMILES string of the molecule is COc1ccc(NC(=O)c2ccc3c(c2)CC(=O)N3)c([N+](=O)[O-])c1. The standard InChI is InChI=1S/C16H13N3O5/c1-24-11-3-5-13(14(8-11)19(22)23)18-16(21)9-2-4-12-10(6-9)7-15(20)17-12/h2-6,8H,7H2,1H3,(H,17,20)(H,18,21). The molecule has 0 fully saturated rings. The van der Waals surface area contributed by atoms with Gasteiger partial charge in [-0.25, -0.2) is 0 Å². The summed E-state index contributed by atoms with van der Waals surface area (Å²) in [7, 11) is 1.40. The van der Waals surface area contributed by atoms with Crippen LogP contribution < -0.4 is 15.4 Å².